The molecule has 1 fully saturated rings. The Labute approximate surface area is 214 Å². The molecule has 0 saturated heterocycles. The number of likely N-dealkylation sites (N-methyl/N-ethyl adjacent to an activating group) is 1. The maximum Gasteiger partial charge on any atom is 0.341 e. The van der Waals surface area contributed by atoms with Gasteiger partial charge in [-0.25, -0.2) is 4.79 Å². The first-order chi connectivity index (χ1) is 17.1. The molecular weight excluding hydrogens is 456 g/mol. The lowest BCUT2D eigenvalue weighted by Gasteiger charge is -2.36. The lowest BCUT2D eigenvalue weighted by Crippen LogP contribution is -2.35. The number of nitrogens with one attached hydrogen (secondary N) is 1. The molecule has 2 N–H and O–H groups in total. The van der Waals surface area contributed by atoms with E-state index in [1.54, 1.807) is 19.4 Å². The molecule has 0 aromatic carbocycles. The highest BCUT2D eigenvalue weighted by Gasteiger charge is 2.42. The molecule has 7 nitrogen and oxygen atoms in total. The van der Waals surface area contributed by atoms with Gasteiger partial charge in [-0.3, -0.25) is 4.79 Å². The fourth-order valence-corrected chi connectivity index (χ4v) is 5.88. The molecule has 0 bridgehead atoms. The first-order valence-electron chi connectivity index (χ1n) is 13.0. The minimum absolute atomic E-state index is 0.0383. The molecule has 2 aliphatic carbocycles. The summed E-state index contributed by atoms with van der Waals surface area (Å²) in [6.45, 7) is 11.9. The number of carboxylic acids is 1. The lowest BCUT2D eigenvalue weighted by molar-refractivity contribution is 0.0693. The van der Waals surface area contributed by atoms with Crippen LogP contribution < -0.4 is 10.7 Å². The molecule has 0 amide bonds. The Kier molecular flexibility index (Phi) is 9.01. The minimum Gasteiger partial charge on any atom is -0.493 e. The van der Waals surface area contributed by atoms with Gasteiger partial charge >= 0.3 is 5.97 Å². The van der Waals surface area contributed by atoms with Gasteiger partial charge in [0.15, 0.2) is 5.43 Å². The molecule has 4 unspecified atom stereocenters. The van der Waals surface area contributed by atoms with Gasteiger partial charge in [-0.05, 0) is 60.8 Å². The third-order valence-corrected chi connectivity index (χ3v) is 7.86. The maximum atomic E-state index is 13.1. The number of hydrogen-bond acceptors (Lipinski definition) is 5. The number of methoxy groups -OCH3 is 1. The van der Waals surface area contributed by atoms with Gasteiger partial charge in [-0.2, -0.15) is 0 Å². The number of aromatic nitrogens is 1. The van der Waals surface area contributed by atoms with Crippen LogP contribution in [-0.4, -0.2) is 49.1 Å². The Morgan fingerprint density at radius 3 is 2.61 bits per heavy atom. The summed E-state index contributed by atoms with van der Waals surface area (Å²) in [5.74, 6) is 0.0725. The largest absolute Gasteiger partial charge is 0.493 e. The number of rotatable bonds is 10. The molecule has 1 aromatic rings. The van der Waals surface area contributed by atoms with Crippen molar-refractivity contribution in [1.29, 1.82) is 0 Å². The second-order valence-electron chi connectivity index (χ2n) is 10.8. The first-order valence-corrected chi connectivity index (χ1v) is 13.0. The van der Waals surface area contributed by atoms with Gasteiger partial charge in [0.1, 0.15) is 17.9 Å². The molecule has 3 rings (SSSR count). The van der Waals surface area contributed by atoms with Crippen LogP contribution in [0.15, 0.2) is 46.6 Å². The summed E-state index contributed by atoms with van der Waals surface area (Å²) in [5, 5.41) is 13.2. The van der Waals surface area contributed by atoms with Gasteiger partial charge in [-0.1, -0.05) is 46.8 Å². The number of hydrogen-bond donors (Lipinski definition) is 2. The third-order valence-electron chi connectivity index (χ3n) is 7.86. The second-order valence-corrected chi connectivity index (χ2v) is 10.8. The average molecular weight is 499 g/mol. The minimum atomic E-state index is -1.19. The predicted octanol–water partition coefficient (Wildman–Crippen LogP) is 5.05. The highest BCUT2D eigenvalue weighted by molar-refractivity contribution is 5.87. The topological polar surface area (TPSA) is 89.8 Å². The van der Waals surface area contributed by atoms with Crippen LogP contribution in [0.5, 0.6) is 0 Å². The molecule has 0 spiro atoms. The fraction of sp³-hybridized carbons (Fsp3) is 0.586. The van der Waals surface area contributed by atoms with Crippen molar-refractivity contribution in [1.82, 2.24) is 9.88 Å². The molecule has 198 valence electrons. The van der Waals surface area contributed by atoms with Crippen LogP contribution in [-0.2, 0) is 9.47 Å². The zero-order chi connectivity index (χ0) is 26.6. The van der Waals surface area contributed by atoms with Crippen LogP contribution in [0.2, 0.25) is 0 Å². The standard InChI is InChI=1S/C29H42N2O5/c1-8-18(2)25(20-10-9-11-24(26(20)30-6)36-15-14-35-7)22-16-23(32)21(28(33)34)17-31(22)27-19(3)12-13-29(27,4)5/h9-11,16-19,26-27,30H,8,12-15H2,1-7H3,(H,33,34)/b25-20+. The van der Waals surface area contributed by atoms with E-state index in [-0.39, 0.29) is 29.0 Å². The van der Waals surface area contributed by atoms with Gasteiger partial charge in [0, 0.05) is 31.1 Å². The summed E-state index contributed by atoms with van der Waals surface area (Å²) in [5.41, 5.74) is 2.17. The predicted molar refractivity (Wildman–Crippen MR) is 143 cm³/mol. The summed E-state index contributed by atoms with van der Waals surface area (Å²) in [6.07, 6.45) is 10.6. The van der Waals surface area contributed by atoms with Crippen molar-refractivity contribution >= 4 is 11.5 Å². The summed E-state index contributed by atoms with van der Waals surface area (Å²) in [4.78, 5) is 25.1. The van der Waals surface area contributed by atoms with Crippen LogP contribution in [0.1, 0.15) is 76.0 Å². The van der Waals surface area contributed by atoms with Crippen molar-refractivity contribution in [3.63, 3.8) is 0 Å². The number of ether oxygens (including phenoxy) is 2. The van der Waals surface area contributed by atoms with Gasteiger partial charge in [0.05, 0.1) is 12.6 Å². The number of allylic oxidation sites excluding steroid dienone is 3. The van der Waals surface area contributed by atoms with Gasteiger partial charge in [-0.15, -0.1) is 0 Å². The first kappa shape index (κ1) is 27.9. The quantitative estimate of drug-likeness (QED) is 0.439. The highest BCUT2D eigenvalue weighted by Crippen LogP contribution is 2.51. The van der Waals surface area contributed by atoms with E-state index in [0.29, 0.717) is 19.1 Å². The number of carbonyl (C=O) groups is 1. The zero-order valence-electron chi connectivity index (χ0n) is 22.8. The van der Waals surface area contributed by atoms with Crippen molar-refractivity contribution in [2.45, 2.75) is 66.0 Å². The van der Waals surface area contributed by atoms with E-state index >= 15 is 0 Å². The summed E-state index contributed by atoms with van der Waals surface area (Å²) >= 11 is 0. The lowest BCUT2D eigenvalue weighted by atomic mass is 9.82. The average Bonchev–Trinajstić information content (AvgIpc) is 3.11. The van der Waals surface area contributed by atoms with Crippen LogP contribution >= 0.6 is 0 Å². The molecule has 4 atom stereocenters. The van der Waals surface area contributed by atoms with Crippen LogP contribution in [0.3, 0.4) is 0 Å². The number of carboxylic acid groups (broad SMARTS) is 1. The van der Waals surface area contributed by atoms with Crippen molar-refractivity contribution in [2.75, 3.05) is 27.4 Å². The van der Waals surface area contributed by atoms with Crippen LogP contribution in [0.25, 0.3) is 5.57 Å². The maximum absolute atomic E-state index is 13.1. The molecule has 2 aliphatic rings. The summed E-state index contributed by atoms with van der Waals surface area (Å²) < 4.78 is 13.3. The Bertz CT molecular complexity index is 1110. The molecule has 1 heterocycles. The summed E-state index contributed by atoms with van der Waals surface area (Å²) in [6, 6.07) is 1.41. The molecular formula is C29H42N2O5. The van der Waals surface area contributed by atoms with Gasteiger partial charge in [0.2, 0.25) is 0 Å². The van der Waals surface area contributed by atoms with Gasteiger partial charge < -0.3 is 24.5 Å². The number of pyridine rings is 1. The van der Waals surface area contributed by atoms with Crippen molar-refractivity contribution in [3.8, 4) is 0 Å². The van der Waals surface area contributed by atoms with Gasteiger partial charge in [0.25, 0.3) is 0 Å². The van der Waals surface area contributed by atoms with E-state index < -0.39 is 11.4 Å². The molecule has 1 aromatic heterocycles. The van der Waals surface area contributed by atoms with Crippen molar-refractivity contribution in [2.24, 2.45) is 17.3 Å². The Morgan fingerprint density at radius 1 is 1.33 bits per heavy atom. The zero-order valence-corrected chi connectivity index (χ0v) is 22.8. The van der Waals surface area contributed by atoms with E-state index in [1.807, 2.05) is 19.2 Å². The van der Waals surface area contributed by atoms with E-state index in [1.165, 1.54) is 0 Å². The molecule has 1 saturated carbocycles. The van der Waals surface area contributed by atoms with Crippen LogP contribution in [0.4, 0.5) is 0 Å². The van der Waals surface area contributed by atoms with E-state index in [4.69, 9.17) is 9.47 Å². The Morgan fingerprint density at radius 2 is 2.06 bits per heavy atom. The van der Waals surface area contributed by atoms with E-state index in [0.717, 1.165) is 41.9 Å². The second kappa shape index (κ2) is 11.6. The number of nitrogens with zero attached hydrogens (tertiary/aromatic N) is 1. The van der Waals surface area contributed by atoms with Crippen molar-refractivity contribution < 1.29 is 19.4 Å². The monoisotopic (exact) mass is 498 g/mol. The van der Waals surface area contributed by atoms with Crippen molar-refractivity contribution in [3.05, 3.63) is 63.3 Å². The Balaban J connectivity index is 2.30. The van der Waals surface area contributed by atoms with E-state index in [2.05, 4.69) is 50.6 Å². The SMILES string of the molecule is CCC(C)/C(=C1/C=CC=C(OCCOC)C1NC)c1cc(=O)c(C(=O)O)cn1C1C(C)CCC1(C)C. The Hall–Kier alpha value is -2.64. The van der Waals surface area contributed by atoms with E-state index in [9.17, 15) is 14.7 Å². The number of aromatic carboxylic acids is 1. The summed E-state index contributed by atoms with van der Waals surface area (Å²) in [7, 11) is 3.54. The normalized spacial score (nSPS) is 25.4. The third kappa shape index (κ3) is 5.52. The smallest absolute Gasteiger partial charge is 0.341 e. The molecule has 7 heteroatoms. The molecule has 0 aliphatic heterocycles. The molecule has 0 radical (unpaired) electrons. The van der Waals surface area contributed by atoms with Crippen LogP contribution in [0, 0.1) is 17.3 Å². The molecule has 36 heavy (non-hydrogen) atoms. The fourth-order valence-electron chi connectivity index (χ4n) is 5.88. The highest BCUT2D eigenvalue weighted by atomic mass is 16.5.